The molecule has 0 amide bonds. The molecule has 1 atom stereocenters. The van der Waals surface area contributed by atoms with Crippen molar-refractivity contribution in [2.24, 2.45) is 0 Å². The molecule has 0 saturated heterocycles. The third kappa shape index (κ3) is 44.0. The van der Waals surface area contributed by atoms with Crippen LogP contribution in [0.25, 0.3) is 0 Å². The lowest BCUT2D eigenvalue weighted by atomic mass is 11.7. The Bertz CT molecular complexity index is 25.1. The van der Waals surface area contributed by atoms with Crippen molar-refractivity contribution in [3.63, 3.8) is 0 Å². The van der Waals surface area contributed by atoms with Gasteiger partial charge in [-0.25, -0.2) is 0 Å². The molecule has 0 aliphatic carbocycles. The maximum Gasteiger partial charge on any atom is 0.306 e. The van der Waals surface area contributed by atoms with Gasteiger partial charge >= 0.3 is 3.67 Å². The van der Waals surface area contributed by atoms with Crippen molar-refractivity contribution in [2.75, 3.05) is 0 Å². The van der Waals surface area contributed by atoms with Crippen molar-refractivity contribution in [1.29, 1.82) is 0 Å². The molecule has 32 valence electrons. The zero-order valence-electron chi connectivity index (χ0n) is 2.21. The van der Waals surface area contributed by atoms with Crippen LogP contribution in [-0.2, 0) is 0 Å². The van der Waals surface area contributed by atoms with Gasteiger partial charge in [-0.2, -0.15) is 8.78 Å². The average molecular weight is 210 g/mol. The SMILES string of the molecule is FC(F)(P)I. The molecule has 0 bridgehead atoms. The van der Waals surface area contributed by atoms with E-state index < -0.39 is 3.67 Å². The maximum atomic E-state index is 11.0. The minimum absolute atomic E-state index is 1.01. The fourth-order valence-corrected chi connectivity index (χ4v) is 0. The zero-order chi connectivity index (χ0) is 4.50. The molecule has 4 heteroatoms. The molecule has 0 N–H and O–H groups in total. The molecule has 0 aliphatic heterocycles. The van der Waals surface area contributed by atoms with Gasteiger partial charge in [0.25, 0.3) is 0 Å². The predicted molar refractivity (Wildman–Crippen MR) is 28.7 cm³/mol. The number of hydrogen-bond acceptors (Lipinski definition) is 0. The molecule has 0 saturated carbocycles. The van der Waals surface area contributed by atoms with Crippen molar-refractivity contribution in [1.82, 2.24) is 0 Å². The highest BCUT2D eigenvalue weighted by molar-refractivity contribution is 14.1. The molecule has 0 heterocycles. The van der Waals surface area contributed by atoms with Crippen LogP contribution in [0.15, 0.2) is 0 Å². The van der Waals surface area contributed by atoms with E-state index >= 15 is 0 Å². The van der Waals surface area contributed by atoms with Gasteiger partial charge in [-0.1, -0.05) is 9.24 Å². The van der Waals surface area contributed by atoms with E-state index in [9.17, 15) is 8.78 Å². The summed E-state index contributed by atoms with van der Waals surface area (Å²) < 4.78 is 19.3. The second kappa shape index (κ2) is 1.65. The molecule has 0 rings (SSSR count). The van der Waals surface area contributed by atoms with Gasteiger partial charge < -0.3 is 0 Å². The van der Waals surface area contributed by atoms with E-state index in [1.807, 2.05) is 0 Å². The Morgan fingerprint density at radius 3 is 1.60 bits per heavy atom. The Balaban J connectivity index is 3.02. The first kappa shape index (κ1) is 6.02. The van der Waals surface area contributed by atoms with Crippen molar-refractivity contribution >= 4 is 31.8 Å². The van der Waals surface area contributed by atoms with Gasteiger partial charge in [0.2, 0.25) is 0 Å². The quantitative estimate of drug-likeness (QED) is 0.325. The normalized spacial score (nSPS) is 12.0. The molecule has 1 unspecified atom stereocenters. The van der Waals surface area contributed by atoms with Gasteiger partial charge in [0, 0.05) is 22.6 Å². The van der Waals surface area contributed by atoms with Gasteiger partial charge in [0.1, 0.15) is 0 Å². The Hall–Kier alpha value is 1.02. The van der Waals surface area contributed by atoms with Crippen LogP contribution in [0, 0.1) is 0 Å². The molecule has 0 aliphatic rings. The largest absolute Gasteiger partial charge is 0.306 e. The zero-order valence-corrected chi connectivity index (χ0v) is 5.52. The van der Waals surface area contributed by atoms with Crippen LogP contribution in [0.1, 0.15) is 0 Å². The Labute approximate surface area is 44.7 Å². The summed E-state index contributed by atoms with van der Waals surface area (Å²) >= 11 is 1.01. The third-order valence-electron chi connectivity index (χ3n) is 0. The molecule has 0 radical (unpaired) electrons. The summed E-state index contributed by atoms with van der Waals surface area (Å²) in [5.41, 5.74) is 0. The molecule has 0 nitrogen and oxygen atoms in total. The number of halogens is 3. The second-order valence-corrected chi connectivity index (χ2v) is 3.88. The van der Waals surface area contributed by atoms with E-state index in [1.54, 1.807) is 0 Å². The molecule has 0 aromatic heterocycles. The van der Waals surface area contributed by atoms with Crippen molar-refractivity contribution in [3.05, 3.63) is 0 Å². The van der Waals surface area contributed by atoms with E-state index in [1.165, 1.54) is 9.24 Å². The van der Waals surface area contributed by atoms with Gasteiger partial charge in [0.05, 0.1) is 0 Å². The fourth-order valence-electron chi connectivity index (χ4n) is 0. The molecule has 0 fully saturated rings. The fraction of sp³-hybridized carbons (Fsp3) is 1.00. The monoisotopic (exact) mass is 210 g/mol. The minimum atomic E-state index is -2.61. The Morgan fingerprint density at radius 1 is 1.60 bits per heavy atom. The molecular formula is CH2F2IP. The second-order valence-electron chi connectivity index (χ2n) is 0.542. The van der Waals surface area contributed by atoms with E-state index in [0.29, 0.717) is 0 Å². The maximum absolute atomic E-state index is 11.0. The average Bonchev–Trinajstić information content (AvgIpc) is 0.722. The summed E-state index contributed by atoms with van der Waals surface area (Å²) in [7, 11) is 1.37. The molecule has 0 aromatic carbocycles. The number of alkyl halides is 3. The van der Waals surface area contributed by atoms with Gasteiger partial charge in [0.15, 0.2) is 0 Å². The van der Waals surface area contributed by atoms with Crippen LogP contribution in [0.5, 0.6) is 0 Å². The molecular weight excluding hydrogens is 208 g/mol. The Morgan fingerprint density at radius 2 is 1.60 bits per heavy atom. The lowest BCUT2D eigenvalue weighted by molar-refractivity contribution is 0.231. The summed E-state index contributed by atoms with van der Waals surface area (Å²) in [4.78, 5) is 0. The first-order valence-electron chi connectivity index (χ1n) is 0.856. The van der Waals surface area contributed by atoms with Gasteiger partial charge in [-0.05, 0) is 0 Å². The Kier molecular flexibility index (Phi) is 1.98. The number of rotatable bonds is 0. The van der Waals surface area contributed by atoms with Crippen molar-refractivity contribution in [3.8, 4) is 0 Å². The van der Waals surface area contributed by atoms with Crippen molar-refractivity contribution in [2.45, 2.75) is 3.67 Å². The standard InChI is InChI=1S/CH2F2IP/c2-1(3,4)5/h5H2. The first-order valence-corrected chi connectivity index (χ1v) is 2.51. The van der Waals surface area contributed by atoms with Gasteiger partial charge in [-0.15, -0.1) is 0 Å². The van der Waals surface area contributed by atoms with E-state index in [-0.39, 0.29) is 0 Å². The first-order chi connectivity index (χ1) is 2.00. The summed E-state index contributed by atoms with van der Waals surface area (Å²) in [6, 6.07) is 0. The summed E-state index contributed by atoms with van der Waals surface area (Å²) in [6.45, 7) is 0. The lowest BCUT2D eigenvalue weighted by Gasteiger charge is -1.91. The summed E-state index contributed by atoms with van der Waals surface area (Å²) in [5, 5.41) is 0. The van der Waals surface area contributed by atoms with Crippen LogP contribution < -0.4 is 0 Å². The lowest BCUT2D eigenvalue weighted by Crippen LogP contribution is -1.83. The minimum Gasteiger partial charge on any atom is -0.191 e. The molecule has 0 spiro atoms. The summed E-state index contributed by atoms with van der Waals surface area (Å²) in [5.74, 6) is 0. The predicted octanol–water partition coefficient (Wildman–Crippen LogP) is 1.85. The number of hydrogen-bond donors (Lipinski definition) is 0. The molecule has 5 heavy (non-hydrogen) atoms. The topological polar surface area (TPSA) is 0 Å². The molecule has 0 aromatic rings. The van der Waals surface area contributed by atoms with E-state index in [2.05, 4.69) is 0 Å². The third-order valence-corrected chi connectivity index (χ3v) is 0. The van der Waals surface area contributed by atoms with Crippen LogP contribution in [0.2, 0.25) is 0 Å². The van der Waals surface area contributed by atoms with Crippen LogP contribution in [0.4, 0.5) is 8.78 Å². The van der Waals surface area contributed by atoms with Crippen LogP contribution >= 0.6 is 31.8 Å². The van der Waals surface area contributed by atoms with Gasteiger partial charge in [-0.3, -0.25) is 0 Å². The highest BCUT2D eigenvalue weighted by Gasteiger charge is 2.11. The van der Waals surface area contributed by atoms with E-state index in [4.69, 9.17) is 0 Å². The highest BCUT2D eigenvalue weighted by atomic mass is 127. The van der Waals surface area contributed by atoms with Crippen LogP contribution in [0.3, 0.4) is 0 Å². The van der Waals surface area contributed by atoms with Crippen LogP contribution in [-0.4, -0.2) is 3.67 Å². The summed E-state index contributed by atoms with van der Waals surface area (Å²) in [6.07, 6.45) is 0. The van der Waals surface area contributed by atoms with Crippen molar-refractivity contribution < 1.29 is 8.78 Å². The highest BCUT2D eigenvalue weighted by Crippen LogP contribution is 2.29. The smallest absolute Gasteiger partial charge is 0.191 e. The van der Waals surface area contributed by atoms with E-state index in [0.717, 1.165) is 22.6 Å².